The van der Waals surface area contributed by atoms with Gasteiger partial charge >= 0.3 is 27.6 Å². The van der Waals surface area contributed by atoms with Gasteiger partial charge in [0.2, 0.25) is 0 Å². The summed E-state index contributed by atoms with van der Waals surface area (Å²) in [6, 6.07) is 0. The average Bonchev–Trinajstić information content (AvgIpc) is 3.54. The Morgan fingerprint density at radius 2 is 1.20 bits per heavy atom. The third-order valence-corrected chi connectivity index (χ3v) is 12.2. The predicted octanol–water partition coefficient (Wildman–Crippen LogP) is 9.38. The summed E-state index contributed by atoms with van der Waals surface area (Å²) in [6.45, 7) is 1.33. The number of rotatable bonds is 41. The molecule has 1 rings (SSSR count). The minimum Gasteiger partial charge on any atom is -0.462 e. The molecule has 0 aromatic heterocycles. The lowest BCUT2D eigenvalue weighted by Crippen LogP contribution is -2.30. The number of allylic oxidation sites excluding steroid dienone is 8. The van der Waals surface area contributed by atoms with Gasteiger partial charge in [-0.1, -0.05) is 132 Å². The van der Waals surface area contributed by atoms with Crippen molar-refractivity contribution in [2.45, 2.75) is 186 Å². The summed E-state index contributed by atoms with van der Waals surface area (Å²) in [5.74, 6) is -1.89. The number of aliphatic hydroxyl groups excluding tert-OH is 3. The molecule has 18 heteroatoms. The monoisotopic (exact) mass is 977 g/mol. The van der Waals surface area contributed by atoms with E-state index in [1.54, 1.807) is 12.2 Å². The molecule has 0 amide bonds. The number of carbonyl (C=O) groups excluding carboxylic acids is 3. The van der Waals surface area contributed by atoms with Crippen molar-refractivity contribution in [1.29, 1.82) is 0 Å². The molecule has 1 aliphatic carbocycles. The van der Waals surface area contributed by atoms with Gasteiger partial charge in [-0.2, -0.15) is 0 Å². The Labute approximate surface area is 393 Å². The molecule has 0 bridgehead atoms. The van der Waals surface area contributed by atoms with Crippen molar-refractivity contribution in [2.75, 3.05) is 26.4 Å². The van der Waals surface area contributed by atoms with Crippen LogP contribution in [-0.2, 0) is 46.6 Å². The molecule has 7 atom stereocenters. The van der Waals surface area contributed by atoms with Gasteiger partial charge < -0.3 is 39.5 Å². The summed E-state index contributed by atoms with van der Waals surface area (Å²) in [5.41, 5.74) is 0. The van der Waals surface area contributed by atoms with Gasteiger partial charge in [-0.05, 0) is 70.6 Å². The molecule has 0 saturated heterocycles. The van der Waals surface area contributed by atoms with Gasteiger partial charge in [0.1, 0.15) is 18.5 Å². The van der Waals surface area contributed by atoms with Crippen LogP contribution < -0.4 is 0 Å². The second-order valence-corrected chi connectivity index (χ2v) is 19.5. The summed E-state index contributed by atoms with van der Waals surface area (Å²) in [7, 11) is -9.78. The summed E-state index contributed by atoms with van der Waals surface area (Å²) >= 11 is 0. The molecule has 1 aliphatic rings. The van der Waals surface area contributed by atoms with Gasteiger partial charge in [-0.25, -0.2) is 9.13 Å². The van der Waals surface area contributed by atoms with Gasteiger partial charge in [-0.3, -0.25) is 28.0 Å². The number of phosphoric acid groups is 2. The Bertz CT molecular complexity index is 1560. The highest BCUT2D eigenvalue weighted by Crippen LogP contribution is 2.44. The molecule has 0 aliphatic heterocycles. The largest absolute Gasteiger partial charge is 0.472 e. The Morgan fingerprint density at radius 1 is 0.667 bits per heavy atom. The first kappa shape index (κ1) is 61.4. The topological polar surface area (TPSA) is 253 Å². The van der Waals surface area contributed by atoms with Crippen LogP contribution in [0.5, 0.6) is 0 Å². The lowest BCUT2D eigenvalue weighted by molar-refractivity contribution is -0.161. The molecule has 0 aromatic carbocycles. The fraction of sp³-hybridized carbons (Fsp3) is 0.729. The predicted molar refractivity (Wildman–Crippen MR) is 254 cm³/mol. The molecule has 16 nitrogen and oxygen atoms in total. The first-order valence-electron chi connectivity index (χ1n) is 24.1. The van der Waals surface area contributed by atoms with Crippen LogP contribution in [0.15, 0.2) is 60.8 Å². The van der Waals surface area contributed by atoms with Gasteiger partial charge in [0.05, 0.1) is 32.0 Å². The highest BCUT2D eigenvalue weighted by Gasteiger charge is 2.39. The van der Waals surface area contributed by atoms with E-state index in [2.05, 4.69) is 71.5 Å². The molecule has 6 N–H and O–H groups in total. The maximum absolute atomic E-state index is 12.7. The zero-order valence-corrected chi connectivity index (χ0v) is 41.3. The average molecular weight is 977 g/mol. The summed E-state index contributed by atoms with van der Waals surface area (Å²) in [6.07, 6.45) is 33.9. The number of hydrogen-bond acceptors (Lipinski definition) is 13. The van der Waals surface area contributed by atoms with Crippen molar-refractivity contribution in [2.24, 2.45) is 11.8 Å². The number of unbranched alkanes of at least 4 members (excludes halogenated alkanes) is 11. The molecule has 0 spiro atoms. The van der Waals surface area contributed by atoms with Crippen molar-refractivity contribution < 1.29 is 76.6 Å². The maximum atomic E-state index is 12.7. The highest BCUT2D eigenvalue weighted by molar-refractivity contribution is 7.47. The lowest BCUT2D eigenvalue weighted by Gasteiger charge is -2.20. The molecule has 380 valence electrons. The quantitative estimate of drug-likeness (QED) is 0.0144. The van der Waals surface area contributed by atoms with Crippen LogP contribution >= 0.6 is 15.6 Å². The number of carbonyl (C=O) groups is 3. The van der Waals surface area contributed by atoms with Gasteiger partial charge in [0.15, 0.2) is 6.10 Å². The van der Waals surface area contributed by atoms with Gasteiger partial charge in [0, 0.05) is 31.1 Å². The van der Waals surface area contributed by atoms with E-state index in [1.165, 1.54) is 19.3 Å². The third kappa shape index (κ3) is 34.7. The van der Waals surface area contributed by atoms with E-state index < -0.39 is 78.4 Å². The number of hydrogen-bond donors (Lipinski definition) is 6. The standard InChI is InChI=1S/C48H82O16P2/c1-3-5-7-8-9-10-11-12-13-14-15-16-17-18-19-20-21-22-28-32-48(54)64-42(39-63-66(58,59)62-37-41(50)36-61-65(55,56)57)38-60-47(53)31-27-24-23-26-30-43-44(46(52)35-45(43)51)34-33-40(49)29-25-6-4-2/h9-10,12-13,15-16,18-19,33-34,40-44,46,49-50,52H,3-8,11,14,17,20-32,35-39H2,1-2H3,(H,58,59)(H2,55,56,57)/b10-9-,13-12-,16-15-,19-18-,34-33+/t40-,41-,42+,43+,44+,46+/m0/s1. The van der Waals surface area contributed by atoms with Crippen molar-refractivity contribution in [1.82, 2.24) is 0 Å². The number of phosphoric ester groups is 2. The van der Waals surface area contributed by atoms with Crippen LogP contribution in [0.25, 0.3) is 0 Å². The zero-order chi connectivity index (χ0) is 48.9. The van der Waals surface area contributed by atoms with E-state index in [-0.39, 0.29) is 36.9 Å². The third-order valence-electron chi connectivity index (χ3n) is 10.8. The van der Waals surface area contributed by atoms with Gasteiger partial charge in [0.25, 0.3) is 0 Å². The van der Waals surface area contributed by atoms with E-state index in [9.17, 15) is 43.7 Å². The second kappa shape index (κ2) is 38.3. The molecular weight excluding hydrogens is 894 g/mol. The molecule has 1 saturated carbocycles. The number of ketones is 1. The number of Topliss-reactive ketones (excluding diaryl/α,β-unsaturated/α-hetero) is 1. The number of esters is 2. The molecular formula is C48H82O16P2. The Hall–Kier alpha value is -2.59. The Balaban J connectivity index is 2.53. The van der Waals surface area contributed by atoms with Crippen molar-refractivity contribution in [3.63, 3.8) is 0 Å². The molecule has 0 aromatic rings. The van der Waals surface area contributed by atoms with Crippen molar-refractivity contribution in [3.05, 3.63) is 60.8 Å². The summed E-state index contributed by atoms with van der Waals surface area (Å²) in [4.78, 5) is 65.7. The minimum absolute atomic E-state index is 0.00758. The summed E-state index contributed by atoms with van der Waals surface area (Å²) in [5, 5.41) is 30.5. The molecule has 0 radical (unpaired) electrons. The van der Waals surface area contributed by atoms with Crippen LogP contribution in [0.3, 0.4) is 0 Å². The molecule has 1 fully saturated rings. The van der Waals surface area contributed by atoms with Crippen LogP contribution in [0.2, 0.25) is 0 Å². The van der Waals surface area contributed by atoms with Gasteiger partial charge in [-0.15, -0.1) is 0 Å². The van der Waals surface area contributed by atoms with Crippen LogP contribution in [0, 0.1) is 11.8 Å². The smallest absolute Gasteiger partial charge is 0.462 e. The van der Waals surface area contributed by atoms with Crippen LogP contribution in [0.1, 0.15) is 162 Å². The number of ether oxygens (including phenoxy) is 2. The van der Waals surface area contributed by atoms with E-state index >= 15 is 0 Å². The van der Waals surface area contributed by atoms with Crippen LogP contribution in [-0.4, -0.2) is 98.6 Å². The first-order chi connectivity index (χ1) is 31.6. The molecule has 0 heterocycles. The zero-order valence-electron chi connectivity index (χ0n) is 39.5. The molecule has 1 unspecified atom stereocenters. The fourth-order valence-electron chi connectivity index (χ4n) is 7.05. The normalized spacial score (nSPS) is 19.5. The van der Waals surface area contributed by atoms with E-state index in [4.69, 9.17) is 23.8 Å². The maximum Gasteiger partial charge on any atom is 0.472 e. The van der Waals surface area contributed by atoms with Crippen LogP contribution in [0.4, 0.5) is 0 Å². The van der Waals surface area contributed by atoms with E-state index in [0.29, 0.717) is 38.5 Å². The SMILES string of the molecule is CCCCC/C=C\C/C=C\C/C=C\C/C=C\CCCCCC(=O)O[C@H](COC(=O)CCCCCC[C@H]1C(=O)C[C@@H](O)[C@@H]1/C=C/[C@@H](O)CCCCC)COP(=O)(O)OC[C@@H](O)COP(=O)(O)O. The van der Waals surface area contributed by atoms with Crippen molar-refractivity contribution >= 4 is 33.4 Å². The molecule has 66 heavy (non-hydrogen) atoms. The number of aliphatic hydroxyl groups is 3. The van der Waals surface area contributed by atoms with Crippen molar-refractivity contribution in [3.8, 4) is 0 Å². The Morgan fingerprint density at radius 3 is 1.82 bits per heavy atom. The fourth-order valence-corrected chi connectivity index (χ4v) is 8.21. The first-order valence-corrected chi connectivity index (χ1v) is 27.1. The highest BCUT2D eigenvalue weighted by atomic mass is 31.2. The Kier molecular flexibility index (Phi) is 35.6. The second-order valence-electron chi connectivity index (χ2n) is 16.8. The lowest BCUT2D eigenvalue weighted by atomic mass is 9.88. The van der Waals surface area contributed by atoms with E-state index in [0.717, 1.165) is 70.6 Å². The van der Waals surface area contributed by atoms with E-state index in [1.807, 2.05) is 0 Å². The summed E-state index contributed by atoms with van der Waals surface area (Å²) < 4.78 is 47.9. The minimum atomic E-state index is -4.90.